The number of fused-ring (bicyclic) bond motifs is 1. The van der Waals surface area contributed by atoms with Gasteiger partial charge in [0.05, 0.1) is 16.4 Å². The number of rotatable bonds is 3. The number of likely N-dealkylation sites (tertiary alicyclic amines) is 1. The van der Waals surface area contributed by atoms with Crippen LogP contribution in [0.4, 0.5) is 0 Å². The minimum absolute atomic E-state index is 0.0511. The maximum absolute atomic E-state index is 13.1. The van der Waals surface area contributed by atoms with Gasteiger partial charge in [-0.2, -0.15) is 0 Å². The molecule has 1 atom stereocenters. The number of nitrogens with zero attached hydrogens (tertiary/aromatic N) is 3. The lowest BCUT2D eigenvalue weighted by Crippen LogP contribution is -2.39. The van der Waals surface area contributed by atoms with Crippen LogP contribution in [-0.4, -0.2) is 39.1 Å². The zero-order valence-corrected chi connectivity index (χ0v) is 15.4. The Bertz CT molecular complexity index is 1080. The summed E-state index contributed by atoms with van der Waals surface area (Å²) in [7, 11) is 0. The molecule has 1 amide bonds. The molecule has 6 nitrogen and oxygen atoms in total. The number of hydrogen-bond donors (Lipinski definition) is 1. The van der Waals surface area contributed by atoms with Gasteiger partial charge in [-0.3, -0.25) is 4.79 Å². The van der Waals surface area contributed by atoms with E-state index in [9.17, 15) is 4.79 Å². The van der Waals surface area contributed by atoms with Crippen molar-refractivity contribution in [3.05, 3.63) is 59.4 Å². The quantitative estimate of drug-likeness (QED) is 0.577. The summed E-state index contributed by atoms with van der Waals surface area (Å²) in [6.07, 6.45) is 3.68. The summed E-state index contributed by atoms with van der Waals surface area (Å²) < 4.78 is 5.90. The van der Waals surface area contributed by atoms with Gasteiger partial charge >= 0.3 is 0 Å². The number of carbonyl (C=O) groups excluding carboxylic acids is 1. The molecule has 5 rings (SSSR count). The highest BCUT2D eigenvalue weighted by atomic mass is 32.1. The fourth-order valence-corrected chi connectivity index (χ4v) is 4.33. The third kappa shape index (κ3) is 2.94. The Morgan fingerprint density at radius 3 is 3.04 bits per heavy atom. The van der Waals surface area contributed by atoms with Crippen molar-refractivity contribution in [2.45, 2.75) is 18.8 Å². The van der Waals surface area contributed by atoms with Crippen LogP contribution in [0.15, 0.2) is 52.4 Å². The number of piperidine rings is 1. The minimum Gasteiger partial charge on any atom is -0.420 e. The van der Waals surface area contributed by atoms with Crippen LogP contribution < -0.4 is 0 Å². The average Bonchev–Trinajstić information content (AvgIpc) is 3.47. The molecule has 1 saturated heterocycles. The Hall–Kier alpha value is -2.93. The number of thiophene rings is 1. The second kappa shape index (κ2) is 6.66. The van der Waals surface area contributed by atoms with E-state index in [1.807, 2.05) is 46.7 Å². The minimum atomic E-state index is 0.0511. The molecule has 1 unspecified atom stereocenters. The van der Waals surface area contributed by atoms with Crippen molar-refractivity contribution in [1.29, 1.82) is 0 Å². The SMILES string of the molecule is O=C(c1c[nH]c2ccccc12)N1CCCC(c2nnc(-c3cccs3)o2)C1. The van der Waals surface area contributed by atoms with Crippen molar-refractivity contribution >= 4 is 28.1 Å². The smallest absolute Gasteiger partial charge is 0.257 e. The normalized spacial score (nSPS) is 17.5. The Balaban J connectivity index is 1.37. The zero-order chi connectivity index (χ0) is 18.2. The summed E-state index contributed by atoms with van der Waals surface area (Å²) in [6, 6.07) is 11.8. The van der Waals surface area contributed by atoms with Crippen LogP contribution in [0.5, 0.6) is 0 Å². The third-order valence-electron chi connectivity index (χ3n) is 5.05. The van der Waals surface area contributed by atoms with Crippen molar-refractivity contribution in [3.63, 3.8) is 0 Å². The lowest BCUT2D eigenvalue weighted by molar-refractivity contribution is 0.0700. The number of nitrogens with one attached hydrogen (secondary N) is 1. The van der Waals surface area contributed by atoms with Gasteiger partial charge in [-0.25, -0.2) is 0 Å². The zero-order valence-electron chi connectivity index (χ0n) is 14.6. The number of benzene rings is 1. The van der Waals surface area contributed by atoms with Gasteiger partial charge in [0, 0.05) is 30.2 Å². The fraction of sp³-hybridized carbons (Fsp3) is 0.250. The molecule has 3 aromatic heterocycles. The Morgan fingerprint density at radius 2 is 2.15 bits per heavy atom. The van der Waals surface area contributed by atoms with Crippen LogP contribution in [0.3, 0.4) is 0 Å². The number of carbonyl (C=O) groups is 1. The lowest BCUT2D eigenvalue weighted by atomic mass is 9.97. The van der Waals surface area contributed by atoms with Gasteiger partial charge in [0.2, 0.25) is 5.89 Å². The van der Waals surface area contributed by atoms with E-state index in [0.29, 0.717) is 18.3 Å². The van der Waals surface area contributed by atoms with E-state index in [1.165, 1.54) is 0 Å². The van der Waals surface area contributed by atoms with E-state index < -0.39 is 0 Å². The molecule has 4 heterocycles. The van der Waals surface area contributed by atoms with E-state index in [0.717, 1.165) is 40.7 Å². The fourth-order valence-electron chi connectivity index (χ4n) is 3.68. The highest BCUT2D eigenvalue weighted by Gasteiger charge is 2.30. The van der Waals surface area contributed by atoms with Crippen LogP contribution >= 0.6 is 11.3 Å². The first-order valence-electron chi connectivity index (χ1n) is 9.02. The summed E-state index contributed by atoms with van der Waals surface area (Å²) >= 11 is 1.58. The molecule has 1 N–H and O–H groups in total. The molecular formula is C20H18N4O2S. The number of aromatic nitrogens is 3. The number of para-hydroxylation sites is 1. The molecule has 1 fully saturated rings. The average molecular weight is 378 g/mol. The molecule has 1 aliphatic rings. The Kier molecular flexibility index (Phi) is 4.01. The van der Waals surface area contributed by atoms with Crippen molar-refractivity contribution in [1.82, 2.24) is 20.1 Å². The molecule has 136 valence electrons. The van der Waals surface area contributed by atoms with Crippen LogP contribution in [0.2, 0.25) is 0 Å². The molecule has 1 aromatic carbocycles. The molecule has 0 aliphatic carbocycles. The molecule has 7 heteroatoms. The van der Waals surface area contributed by atoms with Crippen LogP contribution in [0.25, 0.3) is 21.7 Å². The number of aromatic amines is 1. The molecule has 0 saturated carbocycles. The van der Waals surface area contributed by atoms with Crippen LogP contribution in [0.1, 0.15) is 35.0 Å². The van der Waals surface area contributed by atoms with Gasteiger partial charge < -0.3 is 14.3 Å². The van der Waals surface area contributed by atoms with Gasteiger partial charge in [-0.05, 0) is 30.4 Å². The number of H-pyrrole nitrogens is 1. The molecule has 0 radical (unpaired) electrons. The summed E-state index contributed by atoms with van der Waals surface area (Å²) in [5.74, 6) is 1.30. The van der Waals surface area contributed by atoms with E-state index in [-0.39, 0.29) is 11.8 Å². The van der Waals surface area contributed by atoms with E-state index >= 15 is 0 Å². The van der Waals surface area contributed by atoms with Crippen LogP contribution in [0, 0.1) is 0 Å². The number of amides is 1. The topological polar surface area (TPSA) is 75.0 Å². The summed E-state index contributed by atoms with van der Waals surface area (Å²) in [6.45, 7) is 1.35. The first-order valence-corrected chi connectivity index (χ1v) is 9.90. The standard InChI is InChI=1S/C20H18N4O2S/c25-20(15-11-21-16-7-2-1-6-14(15)16)24-9-3-5-13(12-24)18-22-23-19(26-18)17-8-4-10-27-17/h1-2,4,6-8,10-11,13,21H,3,5,9,12H2. The lowest BCUT2D eigenvalue weighted by Gasteiger charge is -2.31. The van der Waals surface area contributed by atoms with Gasteiger partial charge in [0.25, 0.3) is 11.8 Å². The second-order valence-corrected chi connectivity index (χ2v) is 7.71. The van der Waals surface area contributed by atoms with Crippen LogP contribution in [-0.2, 0) is 0 Å². The highest BCUT2D eigenvalue weighted by molar-refractivity contribution is 7.13. The van der Waals surface area contributed by atoms with Gasteiger partial charge in [0.15, 0.2) is 0 Å². The highest BCUT2D eigenvalue weighted by Crippen LogP contribution is 2.31. The first-order chi connectivity index (χ1) is 13.3. The summed E-state index contributed by atoms with van der Waals surface area (Å²) in [4.78, 5) is 19.1. The van der Waals surface area contributed by atoms with Gasteiger partial charge in [-0.1, -0.05) is 24.3 Å². The third-order valence-corrected chi connectivity index (χ3v) is 5.91. The molecule has 1 aliphatic heterocycles. The predicted molar refractivity (Wildman–Crippen MR) is 104 cm³/mol. The molecule has 0 bridgehead atoms. The maximum atomic E-state index is 13.1. The Morgan fingerprint density at radius 1 is 1.22 bits per heavy atom. The summed E-state index contributed by atoms with van der Waals surface area (Å²) in [5, 5.41) is 11.4. The monoisotopic (exact) mass is 378 g/mol. The van der Waals surface area contributed by atoms with Crippen molar-refractivity contribution in [2.75, 3.05) is 13.1 Å². The van der Waals surface area contributed by atoms with Crippen molar-refractivity contribution < 1.29 is 9.21 Å². The first kappa shape index (κ1) is 16.3. The summed E-state index contributed by atoms with van der Waals surface area (Å²) in [5.41, 5.74) is 1.70. The molecule has 0 spiro atoms. The molecule has 4 aromatic rings. The van der Waals surface area contributed by atoms with E-state index in [4.69, 9.17) is 4.42 Å². The second-order valence-electron chi connectivity index (χ2n) is 6.76. The van der Waals surface area contributed by atoms with Gasteiger partial charge in [-0.15, -0.1) is 21.5 Å². The van der Waals surface area contributed by atoms with E-state index in [2.05, 4.69) is 15.2 Å². The molecule has 27 heavy (non-hydrogen) atoms. The molecular weight excluding hydrogens is 360 g/mol. The van der Waals surface area contributed by atoms with Crippen molar-refractivity contribution in [2.24, 2.45) is 0 Å². The van der Waals surface area contributed by atoms with E-state index in [1.54, 1.807) is 17.5 Å². The van der Waals surface area contributed by atoms with Gasteiger partial charge in [0.1, 0.15) is 0 Å². The predicted octanol–water partition coefficient (Wildman–Crippen LogP) is 4.30. The maximum Gasteiger partial charge on any atom is 0.257 e. The Labute approximate surface area is 159 Å². The number of hydrogen-bond acceptors (Lipinski definition) is 5. The van der Waals surface area contributed by atoms with Crippen molar-refractivity contribution in [3.8, 4) is 10.8 Å². The largest absolute Gasteiger partial charge is 0.420 e.